The lowest BCUT2D eigenvalue weighted by Crippen LogP contribution is -2.27. The van der Waals surface area contributed by atoms with E-state index in [-0.39, 0.29) is 36.4 Å². The van der Waals surface area contributed by atoms with Crippen molar-refractivity contribution < 1.29 is 41.0 Å². The molecule has 3 aliphatic rings. The van der Waals surface area contributed by atoms with Crippen LogP contribution in [-0.2, 0) is 14.3 Å². The van der Waals surface area contributed by atoms with Gasteiger partial charge in [0.25, 0.3) is 0 Å². The molecule has 1 heterocycles. The summed E-state index contributed by atoms with van der Waals surface area (Å²) in [5.74, 6) is -12.4. The van der Waals surface area contributed by atoms with Crippen LogP contribution in [-0.4, -0.2) is 29.8 Å². The van der Waals surface area contributed by atoms with Crippen LogP contribution in [0, 0.1) is 46.3 Å². The van der Waals surface area contributed by atoms with E-state index in [1.165, 1.54) is 0 Å². The molecule has 2 aliphatic carbocycles. The number of Topliss-reactive ketones (excluding diaryl/α,β-unsaturated/α-hetero) is 1. The summed E-state index contributed by atoms with van der Waals surface area (Å²) in [5.41, 5.74) is -0.792. The van der Waals surface area contributed by atoms with Crippen molar-refractivity contribution in [2.45, 2.75) is 32.0 Å². The molecule has 27 heavy (non-hydrogen) atoms. The zero-order valence-electron chi connectivity index (χ0n) is 13.9. The van der Waals surface area contributed by atoms with Gasteiger partial charge in [-0.15, -0.1) is 0 Å². The average Bonchev–Trinajstić information content (AvgIpc) is 3.49. The number of hydrogen-bond acceptors (Lipinski definition) is 5. The molecule has 0 N–H and O–H groups in total. The summed E-state index contributed by atoms with van der Waals surface area (Å²) in [4.78, 5) is 12.3. The number of epoxide rings is 1. The fourth-order valence-corrected chi connectivity index (χ4v) is 4.39. The maximum Gasteiger partial charge on any atom is 0.358 e. The van der Waals surface area contributed by atoms with Gasteiger partial charge in [0, 0.05) is 24.6 Å². The summed E-state index contributed by atoms with van der Waals surface area (Å²) in [6.45, 7) is 1.69. The lowest BCUT2D eigenvalue weighted by Gasteiger charge is -2.16. The number of ketones is 1. The summed E-state index contributed by atoms with van der Waals surface area (Å²) >= 11 is 4.70. The Labute approximate surface area is 155 Å². The Morgan fingerprint density at radius 1 is 1.15 bits per heavy atom. The standard InChI is InChI=1S/C17H13F5O4S/c1-5-14(25-5)8-6-2-3-7(23)17(6,8)4-24-16(27)26-15-12(21)10(19)9(18)11(20)13(15)22/h5-6,8,14H,2-4H2,1H3/t5-,6-,8+,14-,17+/m1/s1. The van der Waals surface area contributed by atoms with Gasteiger partial charge < -0.3 is 14.2 Å². The summed E-state index contributed by atoms with van der Waals surface area (Å²) in [6.07, 6.45) is 1.07. The van der Waals surface area contributed by atoms with Gasteiger partial charge in [-0.2, -0.15) is 8.78 Å². The second kappa shape index (κ2) is 6.10. The highest BCUT2D eigenvalue weighted by atomic mass is 32.1. The van der Waals surface area contributed by atoms with Gasteiger partial charge in [0.05, 0.1) is 17.6 Å². The van der Waals surface area contributed by atoms with Crippen LogP contribution in [0.4, 0.5) is 22.0 Å². The lowest BCUT2D eigenvalue weighted by molar-refractivity contribution is -0.124. The molecule has 0 spiro atoms. The summed E-state index contributed by atoms with van der Waals surface area (Å²) in [6, 6.07) is 0. The Bertz CT molecular complexity index is 833. The van der Waals surface area contributed by atoms with Gasteiger partial charge in [-0.25, -0.2) is 13.2 Å². The maximum absolute atomic E-state index is 13.6. The molecule has 0 radical (unpaired) electrons. The molecule has 3 fully saturated rings. The van der Waals surface area contributed by atoms with Gasteiger partial charge in [-0.05, 0) is 19.3 Å². The van der Waals surface area contributed by atoms with Gasteiger partial charge in [0.1, 0.15) is 12.4 Å². The van der Waals surface area contributed by atoms with Crippen molar-refractivity contribution in [1.29, 1.82) is 0 Å². The van der Waals surface area contributed by atoms with Gasteiger partial charge in [0.2, 0.25) is 34.8 Å². The summed E-state index contributed by atoms with van der Waals surface area (Å²) in [5, 5.41) is -0.832. The first kappa shape index (κ1) is 18.5. The zero-order chi connectivity index (χ0) is 19.7. The van der Waals surface area contributed by atoms with Crippen molar-refractivity contribution in [3.63, 3.8) is 0 Å². The second-order valence-corrected chi connectivity index (χ2v) is 7.31. The Balaban J connectivity index is 1.46. The van der Waals surface area contributed by atoms with E-state index >= 15 is 0 Å². The van der Waals surface area contributed by atoms with Crippen molar-refractivity contribution >= 4 is 23.2 Å². The first-order valence-corrected chi connectivity index (χ1v) is 8.65. The average molecular weight is 408 g/mol. The molecule has 4 nitrogen and oxygen atoms in total. The normalized spacial score (nSPS) is 33.6. The van der Waals surface area contributed by atoms with Crippen LogP contribution in [0.15, 0.2) is 0 Å². The maximum atomic E-state index is 13.6. The Morgan fingerprint density at radius 3 is 2.26 bits per heavy atom. The molecule has 1 aliphatic heterocycles. The van der Waals surface area contributed by atoms with E-state index in [2.05, 4.69) is 4.74 Å². The molecule has 1 aromatic rings. The number of carbonyl (C=O) groups excluding carboxylic acids is 1. The third-order valence-corrected chi connectivity index (χ3v) is 5.88. The van der Waals surface area contributed by atoms with Crippen LogP contribution >= 0.6 is 12.2 Å². The quantitative estimate of drug-likeness (QED) is 0.251. The molecule has 4 rings (SSSR count). The number of rotatable bonds is 4. The third kappa shape index (κ3) is 2.64. The minimum absolute atomic E-state index is 0.0146. The fourth-order valence-electron chi connectivity index (χ4n) is 4.25. The van der Waals surface area contributed by atoms with Crippen molar-refractivity contribution in [2.24, 2.45) is 17.3 Å². The molecule has 5 atom stereocenters. The van der Waals surface area contributed by atoms with Gasteiger partial charge in [-0.3, -0.25) is 4.79 Å². The number of fused-ring (bicyclic) bond motifs is 1. The Hall–Kier alpha value is -1.81. The first-order chi connectivity index (χ1) is 12.7. The Morgan fingerprint density at radius 2 is 1.70 bits per heavy atom. The monoisotopic (exact) mass is 408 g/mol. The van der Waals surface area contributed by atoms with E-state index in [1.54, 1.807) is 0 Å². The van der Waals surface area contributed by atoms with Crippen molar-refractivity contribution in [2.75, 3.05) is 6.61 Å². The van der Waals surface area contributed by atoms with Gasteiger partial charge in [0.15, 0.2) is 0 Å². The number of ether oxygens (including phenoxy) is 3. The van der Waals surface area contributed by atoms with E-state index in [4.69, 9.17) is 21.7 Å². The minimum atomic E-state index is -2.30. The van der Waals surface area contributed by atoms with Crippen LogP contribution in [0.5, 0.6) is 5.75 Å². The second-order valence-electron chi connectivity index (χ2n) is 6.98. The molecule has 0 aromatic heterocycles. The predicted octanol–water partition coefficient (Wildman–Crippen LogP) is 3.45. The van der Waals surface area contributed by atoms with E-state index < -0.39 is 45.5 Å². The smallest absolute Gasteiger partial charge is 0.358 e. The third-order valence-electron chi connectivity index (χ3n) is 5.68. The molecular weight excluding hydrogens is 395 g/mol. The highest BCUT2D eigenvalue weighted by Crippen LogP contribution is 2.70. The van der Waals surface area contributed by atoms with E-state index in [0.29, 0.717) is 12.8 Å². The van der Waals surface area contributed by atoms with Crippen molar-refractivity contribution in [3.8, 4) is 5.75 Å². The first-order valence-electron chi connectivity index (χ1n) is 8.25. The molecule has 0 amide bonds. The highest BCUT2D eigenvalue weighted by Gasteiger charge is 2.77. The van der Waals surface area contributed by atoms with Crippen molar-refractivity contribution in [1.82, 2.24) is 0 Å². The number of halogens is 5. The van der Waals surface area contributed by atoms with Crippen LogP contribution in [0.25, 0.3) is 0 Å². The number of carbonyl (C=O) groups is 1. The van der Waals surface area contributed by atoms with Crippen molar-refractivity contribution in [3.05, 3.63) is 29.1 Å². The molecular formula is C17H13F5O4S. The van der Waals surface area contributed by atoms with E-state index in [1.807, 2.05) is 6.92 Å². The minimum Gasteiger partial charge on any atom is -0.455 e. The lowest BCUT2D eigenvalue weighted by atomic mass is 9.96. The summed E-state index contributed by atoms with van der Waals surface area (Å²) in [7, 11) is 0. The highest BCUT2D eigenvalue weighted by molar-refractivity contribution is 7.79. The molecule has 0 bridgehead atoms. The van der Waals surface area contributed by atoms with Crippen LogP contribution < -0.4 is 4.74 Å². The van der Waals surface area contributed by atoms with Crippen LogP contribution in [0.2, 0.25) is 0 Å². The number of hydrogen-bond donors (Lipinski definition) is 0. The van der Waals surface area contributed by atoms with Crippen LogP contribution in [0.3, 0.4) is 0 Å². The Kier molecular flexibility index (Phi) is 4.19. The van der Waals surface area contributed by atoms with Gasteiger partial charge >= 0.3 is 5.24 Å². The largest absolute Gasteiger partial charge is 0.455 e. The number of benzene rings is 1. The number of thiocarbonyl (C=S) groups is 1. The molecule has 1 aromatic carbocycles. The molecule has 0 unspecified atom stereocenters. The van der Waals surface area contributed by atoms with E-state index in [0.717, 1.165) is 0 Å². The summed E-state index contributed by atoms with van der Waals surface area (Å²) < 4.78 is 81.9. The fraction of sp³-hybridized carbons (Fsp3) is 0.529. The SMILES string of the molecule is C[C@H]1O[C@H]1[C@@H]1[C@H]2CCC(=O)[C@@]12COC(=S)Oc1c(F)c(F)c(F)c(F)c1F. The molecule has 146 valence electrons. The van der Waals surface area contributed by atoms with E-state index in [9.17, 15) is 26.7 Å². The predicted molar refractivity (Wildman–Crippen MR) is 83.4 cm³/mol. The topological polar surface area (TPSA) is 48.1 Å². The molecule has 10 heteroatoms. The molecule has 1 saturated heterocycles. The van der Waals surface area contributed by atoms with Crippen LogP contribution in [0.1, 0.15) is 19.8 Å². The molecule has 2 saturated carbocycles. The van der Waals surface area contributed by atoms with Gasteiger partial charge in [-0.1, -0.05) is 0 Å². The zero-order valence-corrected chi connectivity index (χ0v) is 14.7.